The first-order valence-electron chi connectivity index (χ1n) is 8.15. The number of imidazole rings is 1. The van der Waals surface area contributed by atoms with Crippen molar-refractivity contribution in [2.75, 3.05) is 14.2 Å². The number of benzene rings is 2. The third-order valence-corrected chi connectivity index (χ3v) is 4.75. The lowest BCUT2D eigenvalue weighted by Gasteiger charge is -2.19. The Morgan fingerprint density at radius 1 is 1.04 bits per heavy atom. The molecule has 0 amide bonds. The van der Waals surface area contributed by atoms with E-state index < -0.39 is 0 Å². The van der Waals surface area contributed by atoms with Gasteiger partial charge in [-0.3, -0.25) is 0 Å². The number of aryl methyl sites for hydroxylation is 1. The molecule has 4 rings (SSSR count). The zero-order chi connectivity index (χ0) is 16.5. The fraction of sp³-hybridized carbons (Fsp3) is 0.250. The molecular weight excluding hydrogens is 300 g/mol. The lowest BCUT2D eigenvalue weighted by molar-refractivity contribution is 0.355. The number of para-hydroxylation sites is 1. The highest BCUT2D eigenvalue weighted by molar-refractivity contribution is 5.69. The van der Waals surface area contributed by atoms with Crippen molar-refractivity contribution < 1.29 is 9.47 Å². The van der Waals surface area contributed by atoms with E-state index in [1.807, 2.05) is 24.4 Å². The van der Waals surface area contributed by atoms with E-state index in [0.717, 1.165) is 35.7 Å². The molecule has 0 saturated carbocycles. The summed E-state index contributed by atoms with van der Waals surface area (Å²) < 4.78 is 13.3. The van der Waals surface area contributed by atoms with Crippen LogP contribution >= 0.6 is 0 Å². The minimum atomic E-state index is 0.314. The van der Waals surface area contributed by atoms with Crippen molar-refractivity contribution in [2.24, 2.45) is 0 Å². The molecule has 24 heavy (non-hydrogen) atoms. The molecule has 4 heteroatoms. The van der Waals surface area contributed by atoms with Gasteiger partial charge in [-0.2, -0.15) is 0 Å². The molecule has 1 atom stereocenters. The van der Waals surface area contributed by atoms with E-state index in [4.69, 9.17) is 9.47 Å². The highest BCUT2D eigenvalue weighted by Gasteiger charge is 2.26. The number of rotatable bonds is 4. The Labute approximate surface area is 141 Å². The van der Waals surface area contributed by atoms with E-state index in [1.165, 1.54) is 11.1 Å². The minimum absolute atomic E-state index is 0.314. The standard InChI is InChI=1S/C20H20N2O2/c1-23-18-9-5-8-16(19(18)24-2)20-21-12-13-22(20)17-11-10-14-6-3-4-7-15(14)17/h3-9,12-13,17H,10-11H2,1-2H3/t17-/m0/s1. The van der Waals surface area contributed by atoms with Gasteiger partial charge >= 0.3 is 0 Å². The average Bonchev–Trinajstić information content (AvgIpc) is 3.27. The molecule has 0 saturated heterocycles. The first-order valence-corrected chi connectivity index (χ1v) is 8.15. The van der Waals surface area contributed by atoms with E-state index >= 15 is 0 Å². The van der Waals surface area contributed by atoms with E-state index in [0.29, 0.717) is 6.04 Å². The molecule has 122 valence electrons. The molecule has 1 aromatic heterocycles. The maximum atomic E-state index is 5.60. The summed E-state index contributed by atoms with van der Waals surface area (Å²) >= 11 is 0. The van der Waals surface area contributed by atoms with Crippen LogP contribution in [-0.4, -0.2) is 23.8 Å². The Morgan fingerprint density at radius 3 is 2.75 bits per heavy atom. The minimum Gasteiger partial charge on any atom is -0.493 e. The van der Waals surface area contributed by atoms with Gasteiger partial charge in [0, 0.05) is 12.4 Å². The number of aromatic nitrogens is 2. The normalized spacial score (nSPS) is 16.0. The molecule has 0 radical (unpaired) electrons. The maximum Gasteiger partial charge on any atom is 0.171 e. The Morgan fingerprint density at radius 2 is 1.92 bits per heavy atom. The molecule has 0 bridgehead atoms. The van der Waals surface area contributed by atoms with Crippen molar-refractivity contribution in [3.8, 4) is 22.9 Å². The lowest BCUT2D eigenvalue weighted by atomic mass is 10.1. The summed E-state index contributed by atoms with van der Waals surface area (Å²) in [6.45, 7) is 0. The molecular formula is C20H20N2O2. The molecule has 0 fully saturated rings. The summed E-state index contributed by atoms with van der Waals surface area (Å²) in [6.07, 6.45) is 6.11. The number of ether oxygens (including phenoxy) is 2. The zero-order valence-corrected chi connectivity index (χ0v) is 13.9. The predicted octanol–water partition coefficient (Wildman–Crippen LogP) is 4.10. The molecule has 3 aromatic rings. The van der Waals surface area contributed by atoms with Crippen LogP contribution < -0.4 is 9.47 Å². The summed E-state index contributed by atoms with van der Waals surface area (Å²) in [6, 6.07) is 14.9. The average molecular weight is 320 g/mol. The summed E-state index contributed by atoms with van der Waals surface area (Å²) in [7, 11) is 3.32. The molecule has 4 nitrogen and oxygen atoms in total. The van der Waals surface area contributed by atoms with E-state index in [2.05, 4.69) is 40.0 Å². The van der Waals surface area contributed by atoms with Gasteiger partial charge in [-0.05, 0) is 36.1 Å². The molecule has 0 spiro atoms. The van der Waals surface area contributed by atoms with Gasteiger partial charge in [0.25, 0.3) is 0 Å². The number of fused-ring (bicyclic) bond motifs is 1. The van der Waals surface area contributed by atoms with E-state index in [9.17, 15) is 0 Å². The smallest absolute Gasteiger partial charge is 0.171 e. The number of hydrogen-bond donors (Lipinski definition) is 0. The van der Waals surface area contributed by atoms with Crippen LogP contribution in [0.15, 0.2) is 54.9 Å². The Kier molecular flexibility index (Phi) is 3.73. The summed E-state index contributed by atoms with van der Waals surface area (Å²) in [5.74, 6) is 2.35. The van der Waals surface area contributed by atoms with Gasteiger partial charge in [0.1, 0.15) is 5.82 Å². The van der Waals surface area contributed by atoms with Crippen LogP contribution in [0.5, 0.6) is 11.5 Å². The highest BCUT2D eigenvalue weighted by atomic mass is 16.5. The highest BCUT2D eigenvalue weighted by Crippen LogP contribution is 2.41. The van der Waals surface area contributed by atoms with Crippen LogP contribution in [0.1, 0.15) is 23.6 Å². The molecule has 1 aliphatic carbocycles. The van der Waals surface area contributed by atoms with E-state index in [1.54, 1.807) is 14.2 Å². The molecule has 0 unspecified atom stereocenters. The van der Waals surface area contributed by atoms with Gasteiger partial charge in [-0.15, -0.1) is 0 Å². The topological polar surface area (TPSA) is 36.3 Å². The van der Waals surface area contributed by atoms with Gasteiger partial charge in [-0.1, -0.05) is 30.3 Å². The van der Waals surface area contributed by atoms with E-state index in [-0.39, 0.29) is 0 Å². The predicted molar refractivity (Wildman–Crippen MR) is 93.7 cm³/mol. The number of methoxy groups -OCH3 is 2. The van der Waals surface area contributed by atoms with Crippen molar-refractivity contribution in [2.45, 2.75) is 18.9 Å². The van der Waals surface area contributed by atoms with Gasteiger partial charge in [0.05, 0.1) is 25.8 Å². The summed E-state index contributed by atoms with van der Waals surface area (Å²) in [5, 5.41) is 0. The second-order valence-corrected chi connectivity index (χ2v) is 5.95. The maximum absolute atomic E-state index is 5.60. The van der Waals surface area contributed by atoms with Gasteiger partial charge in [0.2, 0.25) is 0 Å². The Hall–Kier alpha value is -2.75. The quantitative estimate of drug-likeness (QED) is 0.726. The van der Waals surface area contributed by atoms with Crippen molar-refractivity contribution in [3.63, 3.8) is 0 Å². The van der Waals surface area contributed by atoms with Crippen LogP contribution in [0.3, 0.4) is 0 Å². The summed E-state index contributed by atoms with van der Waals surface area (Å²) in [5.41, 5.74) is 3.77. The van der Waals surface area contributed by atoms with Crippen molar-refractivity contribution in [1.82, 2.24) is 9.55 Å². The van der Waals surface area contributed by atoms with Crippen molar-refractivity contribution in [1.29, 1.82) is 0 Å². The number of hydrogen-bond acceptors (Lipinski definition) is 3. The monoisotopic (exact) mass is 320 g/mol. The van der Waals surface area contributed by atoms with Gasteiger partial charge < -0.3 is 14.0 Å². The zero-order valence-electron chi connectivity index (χ0n) is 13.9. The fourth-order valence-electron chi connectivity index (χ4n) is 3.66. The SMILES string of the molecule is COc1cccc(-c2nccn2[C@H]2CCc3ccccc32)c1OC. The largest absolute Gasteiger partial charge is 0.493 e. The lowest BCUT2D eigenvalue weighted by Crippen LogP contribution is -2.08. The van der Waals surface area contributed by atoms with Crippen LogP contribution in [0, 0.1) is 0 Å². The summed E-state index contributed by atoms with van der Waals surface area (Å²) in [4.78, 5) is 4.62. The number of nitrogens with zero attached hydrogens (tertiary/aromatic N) is 2. The van der Waals surface area contributed by atoms with Crippen molar-refractivity contribution >= 4 is 0 Å². The van der Waals surface area contributed by atoms with Crippen LogP contribution in [0.2, 0.25) is 0 Å². The fourth-order valence-corrected chi connectivity index (χ4v) is 3.66. The van der Waals surface area contributed by atoms with Crippen molar-refractivity contribution in [3.05, 3.63) is 66.0 Å². The van der Waals surface area contributed by atoms with Gasteiger partial charge in [0.15, 0.2) is 11.5 Å². The molecule has 0 aliphatic heterocycles. The second kappa shape index (κ2) is 6.04. The van der Waals surface area contributed by atoms with Crippen LogP contribution in [-0.2, 0) is 6.42 Å². The molecule has 0 N–H and O–H groups in total. The first kappa shape index (κ1) is 14.8. The van der Waals surface area contributed by atoms with Crippen LogP contribution in [0.4, 0.5) is 0 Å². The first-order chi connectivity index (χ1) is 11.8. The third kappa shape index (κ3) is 2.26. The molecule has 1 aliphatic rings. The Balaban J connectivity index is 1.83. The van der Waals surface area contributed by atoms with Gasteiger partial charge in [-0.25, -0.2) is 4.98 Å². The third-order valence-electron chi connectivity index (χ3n) is 4.75. The van der Waals surface area contributed by atoms with Crippen LogP contribution in [0.25, 0.3) is 11.4 Å². The second-order valence-electron chi connectivity index (χ2n) is 5.95. The molecule has 1 heterocycles. The molecule has 2 aromatic carbocycles. The Bertz CT molecular complexity index is 870.